The number of carbonyl (C=O) groups is 1. The van der Waals surface area contributed by atoms with Crippen LogP contribution in [0, 0.1) is 6.92 Å². The molecule has 2 rings (SSSR count). The molecule has 1 heterocycles. The number of aromatic nitrogens is 1. The van der Waals surface area contributed by atoms with Crippen LogP contribution in [0.15, 0.2) is 34.9 Å². The lowest BCUT2D eigenvalue weighted by molar-refractivity contribution is 0.245. The van der Waals surface area contributed by atoms with Gasteiger partial charge in [-0.25, -0.2) is 9.78 Å². The Bertz CT molecular complexity index is 566. The molecule has 0 aliphatic heterocycles. The molecule has 0 aliphatic rings. The van der Waals surface area contributed by atoms with Crippen LogP contribution in [0.4, 0.5) is 10.5 Å². The summed E-state index contributed by atoms with van der Waals surface area (Å²) in [5.74, 6) is 0.511. The molecule has 3 N–H and O–H groups in total. The third-order valence-corrected chi connectivity index (χ3v) is 2.38. The van der Waals surface area contributed by atoms with Crippen LogP contribution in [-0.2, 0) is 0 Å². The van der Waals surface area contributed by atoms with Crippen molar-refractivity contribution in [3.05, 3.63) is 36.2 Å². The molecule has 1 aromatic carbocycles. The number of nitrogens with zero attached hydrogens (tertiary/aromatic N) is 1. The van der Waals surface area contributed by atoms with Gasteiger partial charge in [0.2, 0.25) is 5.89 Å². The van der Waals surface area contributed by atoms with E-state index in [1.807, 2.05) is 13.0 Å². The summed E-state index contributed by atoms with van der Waals surface area (Å²) in [7, 11) is 0. The van der Waals surface area contributed by atoms with E-state index in [1.165, 1.54) is 0 Å². The summed E-state index contributed by atoms with van der Waals surface area (Å²) in [6.07, 6.45) is 1.57. The van der Waals surface area contributed by atoms with Gasteiger partial charge in [-0.2, -0.15) is 0 Å². The first kappa shape index (κ1) is 13.1. The summed E-state index contributed by atoms with van der Waals surface area (Å²) < 4.78 is 5.30. The highest BCUT2D eigenvalue weighted by molar-refractivity contribution is 5.89. The predicted molar refractivity (Wildman–Crippen MR) is 70.8 cm³/mol. The second-order valence-electron chi connectivity index (χ2n) is 3.98. The lowest BCUT2D eigenvalue weighted by Gasteiger charge is -2.07. The number of nitrogens with one attached hydrogen (secondary N) is 2. The third kappa shape index (κ3) is 3.56. The molecule has 0 fully saturated rings. The Morgan fingerprint density at radius 2 is 2.32 bits per heavy atom. The fraction of sp³-hybridized carbons (Fsp3) is 0.231. The zero-order valence-corrected chi connectivity index (χ0v) is 10.5. The minimum absolute atomic E-state index is 0.0942. The van der Waals surface area contributed by atoms with Crippen LogP contribution < -0.4 is 10.6 Å². The molecule has 0 aliphatic carbocycles. The van der Waals surface area contributed by atoms with Crippen molar-refractivity contribution in [2.75, 3.05) is 18.5 Å². The Morgan fingerprint density at radius 3 is 3.00 bits per heavy atom. The highest BCUT2D eigenvalue weighted by Crippen LogP contribution is 2.21. The zero-order valence-electron chi connectivity index (χ0n) is 10.5. The minimum Gasteiger partial charge on any atom is -0.444 e. The van der Waals surface area contributed by atoms with Gasteiger partial charge in [0.25, 0.3) is 0 Å². The number of aryl methyl sites for hydroxylation is 1. The van der Waals surface area contributed by atoms with E-state index in [0.29, 0.717) is 11.6 Å². The number of amides is 2. The standard InChI is InChI=1S/C13H15N3O3/c1-9-8-19-12(15-9)10-3-2-4-11(7-10)16-13(18)14-5-6-17/h2-4,7-8,17H,5-6H2,1H3,(H2,14,16,18). The van der Waals surface area contributed by atoms with E-state index in [-0.39, 0.29) is 19.2 Å². The van der Waals surface area contributed by atoms with Crippen molar-refractivity contribution in [1.82, 2.24) is 10.3 Å². The van der Waals surface area contributed by atoms with Crippen LogP contribution in [0.25, 0.3) is 11.5 Å². The first-order valence-corrected chi connectivity index (χ1v) is 5.87. The molecule has 100 valence electrons. The summed E-state index contributed by atoms with van der Waals surface area (Å²) >= 11 is 0. The molecule has 0 unspecified atom stereocenters. The maximum Gasteiger partial charge on any atom is 0.319 e. The SMILES string of the molecule is Cc1coc(-c2cccc(NC(=O)NCCO)c2)n1. The van der Waals surface area contributed by atoms with Gasteiger partial charge in [-0.3, -0.25) is 0 Å². The maximum atomic E-state index is 11.5. The Kier molecular flexibility index (Phi) is 4.15. The van der Waals surface area contributed by atoms with E-state index >= 15 is 0 Å². The lowest BCUT2D eigenvalue weighted by Crippen LogP contribution is -2.30. The molecule has 6 nitrogen and oxygen atoms in total. The molecular formula is C13H15N3O3. The minimum atomic E-state index is -0.366. The Morgan fingerprint density at radius 1 is 1.47 bits per heavy atom. The number of carbonyl (C=O) groups excluding carboxylic acids is 1. The molecule has 19 heavy (non-hydrogen) atoms. The summed E-state index contributed by atoms with van der Waals surface area (Å²) in [4.78, 5) is 15.7. The monoisotopic (exact) mass is 261 g/mol. The largest absolute Gasteiger partial charge is 0.444 e. The quantitative estimate of drug-likeness (QED) is 0.782. The number of anilines is 1. The number of oxazole rings is 1. The molecule has 0 spiro atoms. The number of hydrogen-bond donors (Lipinski definition) is 3. The van der Waals surface area contributed by atoms with Crippen LogP contribution in [0.5, 0.6) is 0 Å². The molecule has 0 radical (unpaired) electrons. The van der Waals surface area contributed by atoms with E-state index in [4.69, 9.17) is 9.52 Å². The van der Waals surface area contributed by atoms with Crippen molar-refractivity contribution in [3.8, 4) is 11.5 Å². The number of benzene rings is 1. The molecule has 0 bridgehead atoms. The normalized spacial score (nSPS) is 10.2. The zero-order chi connectivity index (χ0) is 13.7. The third-order valence-electron chi connectivity index (χ3n) is 2.38. The van der Waals surface area contributed by atoms with Crippen LogP contribution >= 0.6 is 0 Å². The van der Waals surface area contributed by atoms with Gasteiger partial charge in [-0.15, -0.1) is 0 Å². The number of rotatable bonds is 4. The highest BCUT2D eigenvalue weighted by Gasteiger charge is 2.06. The van der Waals surface area contributed by atoms with Crippen molar-refractivity contribution in [2.45, 2.75) is 6.92 Å². The molecule has 6 heteroatoms. The smallest absolute Gasteiger partial charge is 0.319 e. The average Bonchev–Trinajstić information content (AvgIpc) is 2.83. The predicted octanol–water partition coefficient (Wildman–Crippen LogP) is 1.76. The molecule has 1 aromatic heterocycles. The molecular weight excluding hydrogens is 246 g/mol. The summed E-state index contributed by atoms with van der Waals surface area (Å²) in [6.45, 7) is 1.96. The van der Waals surface area contributed by atoms with E-state index in [9.17, 15) is 4.79 Å². The number of urea groups is 1. The summed E-state index contributed by atoms with van der Waals surface area (Å²) in [5.41, 5.74) is 2.21. The first-order chi connectivity index (χ1) is 9.19. The van der Waals surface area contributed by atoms with Gasteiger partial charge in [-0.05, 0) is 25.1 Å². The van der Waals surface area contributed by atoms with E-state index in [0.717, 1.165) is 11.3 Å². The maximum absolute atomic E-state index is 11.5. The average molecular weight is 261 g/mol. The van der Waals surface area contributed by atoms with Crippen LogP contribution in [0.3, 0.4) is 0 Å². The van der Waals surface area contributed by atoms with E-state index in [1.54, 1.807) is 24.5 Å². The van der Waals surface area contributed by atoms with E-state index < -0.39 is 0 Å². The highest BCUT2D eigenvalue weighted by atomic mass is 16.3. The first-order valence-electron chi connectivity index (χ1n) is 5.87. The fourth-order valence-electron chi connectivity index (χ4n) is 1.56. The summed E-state index contributed by atoms with van der Waals surface area (Å²) in [6, 6.07) is 6.81. The van der Waals surface area contributed by atoms with Crippen molar-refractivity contribution in [1.29, 1.82) is 0 Å². The molecule has 0 saturated heterocycles. The summed E-state index contributed by atoms with van der Waals surface area (Å²) in [5, 5.41) is 13.8. The van der Waals surface area contributed by atoms with Crippen molar-refractivity contribution in [3.63, 3.8) is 0 Å². The van der Waals surface area contributed by atoms with Gasteiger partial charge in [0.1, 0.15) is 6.26 Å². The molecule has 2 amide bonds. The topological polar surface area (TPSA) is 87.4 Å². The number of aliphatic hydroxyl groups is 1. The molecule has 0 saturated carbocycles. The van der Waals surface area contributed by atoms with Gasteiger partial charge in [0.05, 0.1) is 12.3 Å². The van der Waals surface area contributed by atoms with Crippen LogP contribution in [0.2, 0.25) is 0 Å². The van der Waals surface area contributed by atoms with Gasteiger partial charge in [-0.1, -0.05) is 6.07 Å². The number of aliphatic hydroxyl groups excluding tert-OH is 1. The fourth-order valence-corrected chi connectivity index (χ4v) is 1.56. The Labute approximate surface area is 110 Å². The molecule has 2 aromatic rings. The van der Waals surface area contributed by atoms with Crippen molar-refractivity contribution >= 4 is 11.7 Å². The Hall–Kier alpha value is -2.34. The second-order valence-corrected chi connectivity index (χ2v) is 3.98. The van der Waals surface area contributed by atoms with Gasteiger partial charge < -0.3 is 20.2 Å². The lowest BCUT2D eigenvalue weighted by atomic mass is 10.2. The van der Waals surface area contributed by atoms with Crippen LogP contribution in [0.1, 0.15) is 5.69 Å². The molecule has 0 atom stereocenters. The van der Waals surface area contributed by atoms with Gasteiger partial charge in [0.15, 0.2) is 0 Å². The van der Waals surface area contributed by atoms with Gasteiger partial charge in [0, 0.05) is 17.8 Å². The van der Waals surface area contributed by atoms with Crippen molar-refractivity contribution in [2.24, 2.45) is 0 Å². The van der Waals surface area contributed by atoms with Crippen molar-refractivity contribution < 1.29 is 14.3 Å². The second kappa shape index (κ2) is 6.01. The van der Waals surface area contributed by atoms with Gasteiger partial charge >= 0.3 is 6.03 Å². The Balaban J connectivity index is 2.09. The van der Waals surface area contributed by atoms with Crippen LogP contribution in [-0.4, -0.2) is 29.3 Å². The number of hydrogen-bond acceptors (Lipinski definition) is 4. The van der Waals surface area contributed by atoms with E-state index in [2.05, 4.69) is 15.6 Å².